The molecule has 0 saturated heterocycles. The fourth-order valence-corrected chi connectivity index (χ4v) is 2.69. The molecule has 3 nitrogen and oxygen atoms in total. The van der Waals surface area contributed by atoms with Crippen LogP contribution in [0.25, 0.3) is 0 Å². The molecule has 122 valence electrons. The van der Waals surface area contributed by atoms with Crippen molar-refractivity contribution in [3.05, 3.63) is 76.8 Å². The van der Waals surface area contributed by atoms with Gasteiger partial charge in [-0.05, 0) is 42.4 Å². The standard InChI is InChI=1S/C19H18ClN3S/c1-13(2)12-22-19(24)23-15-8-9-16(18(20)10-15)17(11-21)14-6-4-3-5-7-14/h3-10,17H,1,12H2,2H3,(H2,22,23,24)/t17-/m0/s1. The number of benzene rings is 2. The zero-order valence-electron chi connectivity index (χ0n) is 13.3. The highest BCUT2D eigenvalue weighted by molar-refractivity contribution is 7.80. The number of hydrogen-bond donors (Lipinski definition) is 2. The topological polar surface area (TPSA) is 47.8 Å². The molecule has 0 aliphatic carbocycles. The number of nitrogens with zero attached hydrogens (tertiary/aromatic N) is 1. The van der Waals surface area contributed by atoms with E-state index in [0.29, 0.717) is 16.7 Å². The minimum Gasteiger partial charge on any atom is -0.359 e. The van der Waals surface area contributed by atoms with Crippen molar-refractivity contribution in [3.63, 3.8) is 0 Å². The van der Waals surface area contributed by atoms with E-state index in [-0.39, 0.29) is 0 Å². The Morgan fingerprint density at radius 2 is 2.00 bits per heavy atom. The first kappa shape index (κ1) is 18.0. The number of rotatable bonds is 5. The lowest BCUT2D eigenvalue weighted by molar-refractivity contribution is 0.999. The maximum absolute atomic E-state index is 9.53. The van der Waals surface area contributed by atoms with E-state index in [4.69, 9.17) is 23.8 Å². The molecule has 0 radical (unpaired) electrons. The number of thiocarbonyl (C=S) groups is 1. The number of anilines is 1. The van der Waals surface area contributed by atoms with Gasteiger partial charge in [-0.1, -0.05) is 60.2 Å². The molecule has 0 aliphatic rings. The fourth-order valence-electron chi connectivity index (χ4n) is 2.21. The van der Waals surface area contributed by atoms with Gasteiger partial charge in [0.1, 0.15) is 0 Å². The van der Waals surface area contributed by atoms with Crippen LogP contribution in [-0.2, 0) is 0 Å². The quantitative estimate of drug-likeness (QED) is 0.594. The van der Waals surface area contributed by atoms with Crippen molar-refractivity contribution in [3.8, 4) is 6.07 Å². The Morgan fingerprint density at radius 1 is 1.29 bits per heavy atom. The van der Waals surface area contributed by atoms with E-state index in [1.165, 1.54) is 0 Å². The van der Waals surface area contributed by atoms with Crippen LogP contribution < -0.4 is 10.6 Å². The smallest absolute Gasteiger partial charge is 0.171 e. The Hall–Kier alpha value is -2.35. The predicted molar refractivity (Wildman–Crippen MR) is 104 cm³/mol. The van der Waals surface area contributed by atoms with Crippen molar-refractivity contribution in [2.45, 2.75) is 12.8 Å². The predicted octanol–water partition coefficient (Wildman–Crippen LogP) is 4.86. The summed E-state index contributed by atoms with van der Waals surface area (Å²) < 4.78 is 0. The summed E-state index contributed by atoms with van der Waals surface area (Å²) in [7, 11) is 0. The molecule has 2 aromatic carbocycles. The second kappa shape index (κ2) is 8.49. The van der Waals surface area contributed by atoms with Gasteiger partial charge in [-0.3, -0.25) is 0 Å². The second-order valence-corrected chi connectivity index (χ2v) is 6.29. The first-order valence-corrected chi connectivity index (χ1v) is 8.23. The number of hydrogen-bond acceptors (Lipinski definition) is 2. The molecule has 0 heterocycles. The summed E-state index contributed by atoms with van der Waals surface area (Å²) in [6, 6.07) is 17.4. The molecule has 5 heteroatoms. The molecular weight excluding hydrogens is 338 g/mol. The summed E-state index contributed by atoms with van der Waals surface area (Å²) in [5.74, 6) is -0.402. The summed E-state index contributed by atoms with van der Waals surface area (Å²) in [4.78, 5) is 0. The molecule has 0 aromatic heterocycles. The van der Waals surface area contributed by atoms with Crippen LogP contribution in [0.4, 0.5) is 5.69 Å². The first-order valence-electron chi connectivity index (χ1n) is 7.44. The highest BCUT2D eigenvalue weighted by Crippen LogP contribution is 2.31. The highest BCUT2D eigenvalue weighted by atomic mass is 35.5. The van der Waals surface area contributed by atoms with Crippen molar-refractivity contribution < 1.29 is 0 Å². The van der Waals surface area contributed by atoms with Crippen LogP contribution in [0.2, 0.25) is 5.02 Å². The molecule has 0 saturated carbocycles. The van der Waals surface area contributed by atoms with Crippen LogP contribution in [0, 0.1) is 11.3 Å². The fraction of sp³-hybridized carbons (Fsp3) is 0.158. The number of nitriles is 1. The highest BCUT2D eigenvalue weighted by Gasteiger charge is 2.16. The Labute approximate surface area is 153 Å². The maximum Gasteiger partial charge on any atom is 0.171 e. The van der Waals surface area contributed by atoms with Gasteiger partial charge in [-0.2, -0.15) is 5.26 Å². The summed E-state index contributed by atoms with van der Waals surface area (Å²) in [5, 5.41) is 16.7. The lowest BCUT2D eigenvalue weighted by Crippen LogP contribution is -2.29. The second-order valence-electron chi connectivity index (χ2n) is 5.47. The molecule has 0 fully saturated rings. The van der Waals surface area contributed by atoms with E-state index < -0.39 is 5.92 Å². The summed E-state index contributed by atoms with van der Waals surface area (Å²) in [6.07, 6.45) is 0. The third kappa shape index (κ3) is 4.82. The van der Waals surface area contributed by atoms with E-state index in [1.807, 2.05) is 49.4 Å². The molecule has 2 N–H and O–H groups in total. The van der Waals surface area contributed by atoms with Crippen LogP contribution >= 0.6 is 23.8 Å². The SMILES string of the molecule is C=C(C)CNC(=S)Nc1ccc([C@@H](C#N)c2ccccc2)c(Cl)c1. The molecule has 2 rings (SSSR count). The van der Waals surface area contributed by atoms with Crippen LogP contribution in [0.3, 0.4) is 0 Å². The van der Waals surface area contributed by atoms with Crippen molar-refractivity contribution in [2.75, 3.05) is 11.9 Å². The van der Waals surface area contributed by atoms with E-state index in [9.17, 15) is 5.26 Å². The molecule has 2 aromatic rings. The average Bonchev–Trinajstić information content (AvgIpc) is 2.56. The van der Waals surface area contributed by atoms with Crippen molar-refractivity contribution in [2.24, 2.45) is 0 Å². The lowest BCUT2D eigenvalue weighted by Gasteiger charge is -2.15. The minimum atomic E-state index is -0.402. The largest absolute Gasteiger partial charge is 0.359 e. The molecule has 0 aliphatic heterocycles. The molecule has 24 heavy (non-hydrogen) atoms. The molecule has 1 atom stereocenters. The number of halogens is 1. The third-order valence-electron chi connectivity index (χ3n) is 3.38. The van der Waals surface area contributed by atoms with Gasteiger partial charge in [0.05, 0.1) is 12.0 Å². The van der Waals surface area contributed by atoms with Gasteiger partial charge < -0.3 is 10.6 Å². The van der Waals surface area contributed by atoms with Crippen molar-refractivity contribution in [1.29, 1.82) is 5.26 Å². The Morgan fingerprint density at radius 3 is 2.58 bits per heavy atom. The zero-order chi connectivity index (χ0) is 17.5. The van der Waals surface area contributed by atoms with Gasteiger partial charge in [0.2, 0.25) is 0 Å². The minimum absolute atomic E-state index is 0.402. The van der Waals surface area contributed by atoms with Crippen molar-refractivity contribution in [1.82, 2.24) is 5.32 Å². The monoisotopic (exact) mass is 355 g/mol. The average molecular weight is 356 g/mol. The van der Waals surface area contributed by atoms with Gasteiger partial charge >= 0.3 is 0 Å². The molecule has 0 amide bonds. The summed E-state index contributed by atoms with van der Waals surface area (Å²) in [5.41, 5.74) is 3.46. The van der Waals surface area contributed by atoms with Gasteiger partial charge in [0.25, 0.3) is 0 Å². The lowest BCUT2D eigenvalue weighted by atomic mass is 9.92. The van der Waals surface area contributed by atoms with Gasteiger partial charge in [-0.15, -0.1) is 0 Å². The molecule has 0 spiro atoms. The van der Waals surface area contributed by atoms with Crippen molar-refractivity contribution >= 4 is 34.6 Å². The molecule has 0 unspecified atom stereocenters. The van der Waals surface area contributed by atoms with Gasteiger partial charge in [-0.25, -0.2) is 0 Å². The van der Waals surface area contributed by atoms with Crippen LogP contribution in [-0.4, -0.2) is 11.7 Å². The summed E-state index contributed by atoms with van der Waals surface area (Å²) in [6.45, 7) is 6.35. The molecule has 0 bridgehead atoms. The van der Waals surface area contributed by atoms with E-state index in [1.54, 1.807) is 6.07 Å². The summed E-state index contributed by atoms with van der Waals surface area (Å²) >= 11 is 11.6. The third-order valence-corrected chi connectivity index (χ3v) is 3.96. The Balaban J connectivity index is 2.16. The first-order chi connectivity index (χ1) is 11.5. The van der Waals surface area contributed by atoms with Gasteiger partial charge in [0.15, 0.2) is 5.11 Å². The Kier molecular flexibility index (Phi) is 6.36. The number of nitrogens with one attached hydrogen (secondary N) is 2. The zero-order valence-corrected chi connectivity index (χ0v) is 14.9. The van der Waals surface area contributed by atoms with E-state index >= 15 is 0 Å². The van der Waals surface area contributed by atoms with Crippen LogP contribution in [0.15, 0.2) is 60.7 Å². The Bertz CT molecular complexity index is 781. The van der Waals surface area contributed by atoms with E-state index in [0.717, 1.165) is 22.4 Å². The van der Waals surface area contributed by atoms with Gasteiger partial charge in [0, 0.05) is 17.3 Å². The van der Waals surface area contributed by atoms with E-state index in [2.05, 4.69) is 23.3 Å². The maximum atomic E-state index is 9.53. The normalized spacial score (nSPS) is 11.2. The molecular formula is C19H18ClN3S. The van der Waals surface area contributed by atoms with Crippen LogP contribution in [0.5, 0.6) is 0 Å². The van der Waals surface area contributed by atoms with Crippen LogP contribution in [0.1, 0.15) is 24.0 Å².